The van der Waals surface area contributed by atoms with Gasteiger partial charge in [-0.3, -0.25) is 0 Å². The Kier molecular flexibility index (Phi) is 7.89. The van der Waals surface area contributed by atoms with Crippen molar-refractivity contribution in [3.05, 3.63) is 222 Å². The molecular weight excluding hydrogens is 791 g/mol. The van der Waals surface area contributed by atoms with Crippen molar-refractivity contribution < 1.29 is 4.74 Å². The Balaban J connectivity index is 1.07. The lowest BCUT2D eigenvalue weighted by Gasteiger charge is -2.39. The van der Waals surface area contributed by atoms with Crippen LogP contribution in [0.3, 0.4) is 0 Å². The van der Waals surface area contributed by atoms with Crippen LogP contribution in [0.5, 0.6) is 11.5 Å². The molecule has 0 radical (unpaired) electrons. The smallest absolute Gasteiger partial charge is 0.164 e. The molecule has 1 spiro atoms. The van der Waals surface area contributed by atoms with E-state index in [0.29, 0.717) is 23.3 Å². The van der Waals surface area contributed by atoms with Crippen LogP contribution in [-0.2, 0) is 5.41 Å². The molecule has 1 aliphatic carbocycles. The van der Waals surface area contributed by atoms with Gasteiger partial charge in [0, 0.05) is 49.0 Å². The third kappa shape index (κ3) is 5.46. The van der Waals surface area contributed by atoms with Crippen molar-refractivity contribution in [1.82, 2.24) is 24.9 Å². The molecule has 4 heterocycles. The van der Waals surface area contributed by atoms with Crippen molar-refractivity contribution in [2.75, 3.05) is 0 Å². The lowest BCUT2D eigenvalue weighted by molar-refractivity contribution is 0.436. The molecule has 0 atom stereocenters. The summed E-state index contributed by atoms with van der Waals surface area (Å²) in [4.78, 5) is 26.0. The second kappa shape index (κ2) is 14.0. The fraction of sp³-hybridized carbons (Fsp3) is 0.0179. The molecule has 0 N–H and O–H groups in total. The monoisotopic (exact) mass is 823 g/mol. The van der Waals surface area contributed by atoms with Crippen LogP contribution >= 0.6 is 11.3 Å². The van der Waals surface area contributed by atoms with Gasteiger partial charge in [-0.05, 0) is 52.6 Å². The van der Waals surface area contributed by atoms with Gasteiger partial charge in [0.15, 0.2) is 23.3 Å². The van der Waals surface area contributed by atoms with Crippen molar-refractivity contribution in [2.24, 2.45) is 0 Å². The quantitative estimate of drug-likeness (QED) is 0.172. The van der Waals surface area contributed by atoms with E-state index < -0.39 is 5.41 Å². The molecule has 0 amide bonds. The summed E-state index contributed by atoms with van der Waals surface area (Å²) in [7, 11) is 0. The summed E-state index contributed by atoms with van der Waals surface area (Å²) in [5.41, 5.74) is 12.6. The molecule has 8 aromatic carbocycles. The van der Waals surface area contributed by atoms with Crippen molar-refractivity contribution in [2.45, 2.75) is 5.41 Å². The molecule has 0 bridgehead atoms. The minimum Gasteiger partial charge on any atom is -0.457 e. The SMILES string of the molecule is c1ccc(-c2nc(-c3ccccc3)nc(-c3ccc4c(c3)-c3ccc(-c5nc(-c6ccccc6)c6sc7ccccc7c6n5)cc3C43c4ccccc4Oc4ccccc43)n2)cc1. The number of benzene rings is 8. The van der Waals surface area contributed by atoms with Crippen LogP contribution in [0.4, 0.5) is 0 Å². The Labute approximate surface area is 366 Å². The number of nitrogens with zero attached hydrogens (tertiary/aromatic N) is 5. The van der Waals surface area contributed by atoms with E-state index in [2.05, 4.69) is 121 Å². The summed E-state index contributed by atoms with van der Waals surface area (Å²) in [5.74, 6) is 4.19. The summed E-state index contributed by atoms with van der Waals surface area (Å²) in [5, 5.41) is 1.13. The summed E-state index contributed by atoms with van der Waals surface area (Å²) < 4.78 is 8.98. The van der Waals surface area contributed by atoms with Crippen LogP contribution in [0.15, 0.2) is 200 Å². The van der Waals surface area contributed by atoms with Crippen LogP contribution in [0, 0.1) is 0 Å². The standard InChI is InChI=1S/C56H33N5OS/c1-4-16-34(17-5-1)49-51-50(40-22-10-15-27-48(40)63-51)58-54(57-49)38-28-30-39-41-32-37(55-60-52(35-18-6-2-7-19-35)59-53(61-55)36-20-8-3-9-21-36)29-31-42(41)56(45(39)33-38)43-23-11-13-25-46(43)62-47-26-14-12-24-44(47)56/h1-33H. The molecule has 11 aromatic rings. The molecule has 0 fully saturated rings. The first-order chi connectivity index (χ1) is 31.2. The topological polar surface area (TPSA) is 73.7 Å². The second-order valence-electron chi connectivity index (χ2n) is 15.9. The van der Waals surface area contributed by atoms with Crippen molar-refractivity contribution >= 4 is 31.6 Å². The highest BCUT2D eigenvalue weighted by Crippen LogP contribution is 2.62. The lowest BCUT2D eigenvalue weighted by atomic mass is 9.66. The average Bonchev–Trinajstić information content (AvgIpc) is 3.87. The van der Waals surface area contributed by atoms with E-state index in [1.165, 1.54) is 4.70 Å². The van der Waals surface area contributed by atoms with Crippen molar-refractivity contribution in [3.8, 4) is 79.4 Å². The Hall–Kier alpha value is -8.13. The second-order valence-corrected chi connectivity index (χ2v) is 17.0. The van der Waals surface area contributed by atoms with Gasteiger partial charge >= 0.3 is 0 Å². The van der Waals surface area contributed by atoms with E-state index in [9.17, 15) is 0 Å². The van der Waals surface area contributed by atoms with E-state index in [1.807, 2.05) is 78.9 Å². The highest BCUT2D eigenvalue weighted by Gasteiger charge is 2.51. The predicted octanol–water partition coefficient (Wildman–Crippen LogP) is 13.8. The van der Waals surface area contributed by atoms with E-state index in [4.69, 9.17) is 29.7 Å². The molecule has 2 aliphatic rings. The normalized spacial score (nSPS) is 13.0. The zero-order valence-electron chi connectivity index (χ0n) is 33.6. The summed E-state index contributed by atoms with van der Waals surface area (Å²) in [6.07, 6.45) is 0. The Bertz CT molecular complexity index is 3500. The molecule has 0 unspecified atom stereocenters. The molecule has 6 nitrogen and oxygen atoms in total. The van der Waals surface area contributed by atoms with Gasteiger partial charge in [0.05, 0.1) is 21.3 Å². The van der Waals surface area contributed by atoms with Crippen LogP contribution in [0.1, 0.15) is 22.3 Å². The lowest BCUT2D eigenvalue weighted by Crippen LogP contribution is -2.32. The number of rotatable bonds is 5. The highest BCUT2D eigenvalue weighted by atomic mass is 32.1. The van der Waals surface area contributed by atoms with Gasteiger partial charge in [0.2, 0.25) is 0 Å². The molecule has 1 aliphatic heterocycles. The number of hydrogen-bond acceptors (Lipinski definition) is 7. The van der Waals surface area contributed by atoms with E-state index in [0.717, 1.165) is 94.0 Å². The third-order valence-electron chi connectivity index (χ3n) is 12.4. The van der Waals surface area contributed by atoms with Gasteiger partial charge in [0.1, 0.15) is 11.5 Å². The first-order valence-electron chi connectivity index (χ1n) is 21.0. The number of aromatic nitrogens is 5. The molecule has 13 rings (SSSR count). The average molecular weight is 824 g/mol. The van der Waals surface area contributed by atoms with E-state index >= 15 is 0 Å². The molecule has 0 saturated carbocycles. The first kappa shape index (κ1) is 35.6. The van der Waals surface area contributed by atoms with Crippen molar-refractivity contribution in [1.29, 1.82) is 0 Å². The maximum atomic E-state index is 6.71. The number of hydrogen-bond donors (Lipinski definition) is 0. The maximum Gasteiger partial charge on any atom is 0.164 e. The predicted molar refractivity (Wildman–Crippen MR) is 253 cm³/mol. The number of ether oxygens (including phenoxy) is 1. The largest absolute Gasteiger partial charge is 0.457 e. The fourth-order valence-corrected chi connectivity index (χ4v) is 10.8. The number of para-hydroxylation sites is 2. The fourth-order valence-electron chi connectivity index (χ4n) is 9.63. The molecule has 7 heteroatoms. The van der Waals surface area contributed by atoms with Gasteiger partial charge in [-0.1, -0.05) is 170 Å². The molecule has 3 aromatic heterocycles. The van der Waals surface area contributed by atoms with Gasteiger partial charge < -0.3 is 4.74 Å². The highest BCUT2D eigenvalue weighted by molar-refractivity contribution is 7.26. The minimum atomic E-state index is -0.713. The molecule has 0 saturated heterocycles. The van der Waals surface area contributed by atoms with E-state index in [1.54, 1.807) is 11.3 Å². The van der Waals surface area contributed by atoms with Crippen LogP contribution in [0.2, 0.25) is 0 Å². The summed E-state index contributed by atoms with van der Waals surface area (Å²) in [6, 6.07) is 69.5. The molecule has 294 valence electrons. The first-order valence-corrected chi connectivity index (χ1v) is 21.8. The third-order valence-corrected chi connectivity index (χ3v) is 13.6. The van der Waals surface area contributed by atoms with Gasteiger partial charge in [0.25, 0.3) is 0 Å². The zero-order chi connectivity index (χ0) is 41.5. The molecular formula is C56H33N5OS. The number of thiophene rings is 1. The summed E-state index contributed by atoms with van der Waals surface area (Å²) >= 11 is 1.75. The molecule has 63 heavy (non-hydrogen) atoms. The Morgan fingerprint density at radius 1 is 0.365 bits per heavy atom. The van der Waals surface area contributed by atoms with Crippen LogP contribution in [0.25, 0.3) is 88.2 Å². The van der Waals surface area contributed by atoms with E-state index in [-0.39, 0.29) is 0 Å². The van der Waals surface area contributed by atoms with Gasteiger partial charge in [-0.15, -0.1) is 11.3 Å². The Morgan fingerprint density at radius 2 is 0.889 bits per heavy atom. The maximum absolute atomic E-state index is 6.71. The van der Waals surface area contributed by atoms with Crippen LogP contribution < -0.4 is 4.74 Å². The number of fused-ring (bicyclic) bond motifs is 12. The Morgan fingerprint density at radius 3 is 1.56 bits per heavy atom. The van der Waals surface area contributed by atoms with Gasteiger partial charge in [-0.2, -0.15) is 0 Å². The zero-order valence-corrected chi connectivity index (χ0v) is 34.4. The van der Waals surface area contributed by atoms with Crippen molar-refractivity contribution in [3.63, 3.8) is 0 Å². The summed E-state index contributed by atoms with van der Waals surface area (Å²) in [6.45, 7) is 0. The minimum absolute atomic E-state index is 0.607. The van der Waals surface area contributed by atoms with Crippen LogP contribution in [-0.4, -0.2) is 24.9 Å². The van der Waals surface area contributed by atoms with Gasteiger partial charge in [-0.25, -0.2) is 24.9 Å².